The first-order chi connectivity index (χ1) is 14.4. The van der Waals surface area contributed by atoms with E-state index < -0.39 is 0 Å². The molecule has 30 heavy (non-hydrogen) atoms. The maximum atomic E-state index is 12.6. The average molecular weight is 408 g/mol. The molecule has 3 aromatic rings. The van der Waals surface area contributed by atoms with Crippen molar-refractivity contribution in [2.45, 2.75) is 41.2 Å². The number of rotatable bonds is 7. The number of hydrogen-bond acceptors (Lipinski definition) is 4. The van der Waals surface area contributed by atoms with Gasteiger partial charge in [0.05, 0.1) is 13.7 Å². The van der Waals surface area contributed by atoms with Crippen LogP contribution in [0.25, 0.3) is 16.5 Å². The Labute approximate surface area is 177 Å². The number of amides is 1. The van der Waals surface area contributed by atoms with Gasteiger partial charge in [-0.2, -0.15) is 0 Å². The van der Waals surface area contributed by atoms with Gasteiger partial charge in [0.25, 0.3) is 0 Å². The first-order valence-electron chi connectivity index (χ1n) is 10.1. The predicted molar refractivity (Wildman–Crippen MR) is 120 cm³/mol. The second kappa shape index (κ2) is 9.08. The second-order valence-electron chi connectivity index (χ2n) is 7.33. The zero-order valence-electron chi connectivity index (χ0n) is 18.5. The highest BCUT2D eigenvalue weighted by Gasteiger charge is 2.18. The molecule has 0 aliphatic carbocycles. The van der Waals surface area contributed by atoms with E-state index in [0.717, 1.165) is 56.1 Å². The summed E-state index contributed by atoms with van der Waals surface area (Å²) in [5.41, 5.74) is 5.55. The molecule has 0 atom stereocenters. The van der Waals surface area contributed by atoms with Crippen molar-refractivity contribution in [3.8, 4) is 11.5 Å². The Hall–Kier alpha value is -3.21. The molecule has 1 heterocycles. The summed E-state index contributed by atoms with van der Waals surface area (Å²) < 4.78 is 17.2. The van der Waals surface area contributed by atoms with E-state index in [1.807, 2.05) is 58.9 Å². The Balaban J connectivity index is 1.91. The van der Waals surface area contributed by atoms with Gasteiger partial charge in [-0.1, -0.05) is 18.2 Å². The topological polar surface area (TPSA) is 60.7 Å². The number of para-hydroxylation sites is 1. The molecule has 0 saturated heterocycles. The second-order valence-corrected chi connectivity index (χ2v) is 7.33. The van der Waals surface area contributed by atoms with Crippen LogP contribution in [0.15, 0.2) is 40.8 Å². The highest BCUT2D eigenvalue weighted by molar-refractivity contribution is 5.98. The lowest BCUT2D eigenvalue weighted by atomic mass is 9.98. The summed E-state index contributed by atoms with van der Waals surface area (Å²) in [5.74, 6) is 2.23. The Kier molecular flexibility index (Phi) is 6.50. The van der Waals surface area contributed by atoms with Crippen LogP contribution in [0, 0.1) is 20.8 Å². The van der Waals surface area contributed by atoms with E-state index in [4.69, 9.17) is 13.9 Å². The summed E-state index contributed by atoms with van der Waals surface area (Å²) >= 11 is 0. The minimum Gasteiger partial charge on any atom is -0.496 e. The molecule has 0 unspecified atom stereocenters. The molecule has 1 aromatic heterocycles. The van der Waals surface area contributed by atoms with Crippen LogP contribution in [0.5, 0.6) is 11.5 Å². The number of benzene rings is 2. The molecule has 0 saturated carbocycles. The van der Waals surface area contributed by atoms with Gasteiger partial charge in [0, 0.05) is 34.7 Å². The maximum Gasteiger partial charge on any atom is 0.244 e. The Morgan fingerprint density at radius 1 is 1.17 bits per heavy atom. The van der Waals surface area contributed by atoms with Crippen molar-refractivity contribution in [3.63, 3.8) is 0 Å². The highest BCUT2D eigenvalue weighted by Crippen LogP contribution is 2.38. The summed E-state index contributed by atoms with van der Waals surface area (Å²) in [7, 11) is 1.62. The fraction of sp³-hybridized carbons (Fsp3) is 0.320. The van der Waals surface area contributed by atoms with E-state index in [1.165, 1.54) is 0 Å². The number of fused-ring (bicyclic) bond motifs is 1. The Morgan fingerprint density at radius 2 is 1.90 bits per heavy atom. The lowest BCUT2D eigenvalue weighted by molar-refractivity contribution is -0.116. The van der Waals surface area contributed by atoms with E-state index in [-0.39, 0.29) is 5.91 Å². The normalized spacial score (nSPS) is 11.6. The molecule has 0 spiro atoms. The Bertz CT molecular complexity index is 1110. The predicted octanol–water partition coefficient (Wildman–Crippen LogP) is 5.49. The molecule has 2 aromatic carbocycles. The molecule has 158 valence electrons. The van der Waals surface area contributed by atoms with Crippen LogP contribution in [-0.2, 0) is 11.3 Å². The molecule has 0 aliphatic heterocycles. The molecule has 0 bridgehead atoms. The van der Waals surface area contributed by atoms with E-state index in [1.54, 1.807) is 13.2 Å². The van der Waals surface area contributed by atoms with Gasteiger partial charge in [0.1, 0.15) is 22.8 Å². The lowest BCUT2D eigenvalue weighted by Gasteiger charge is -2.15. The van der Waals surface area contributed by atoms with Gasteiger partial charge < -0.3 is 19.2 Å². The van der Waals surface area contributed by atoms with Crippen molar-refractivity contribution in [3.05, 3.63) is 64.4 Å². The summed E-state index contributed by atoms with van der Waals surface area (Å²) in [4.78, 5) is 12.6. The maximum absolute atomic E-state index is 12.6. The molecule has 1 amide bonds. The van der Waals surface area contributed by atoms with E-state index in [2.05, 4.69) is 11.4 Å². The van der Waals surface area contributed by atoms with Crippen molar-refractivity contribution in [2.75, 3.05) is 13.7 Å². The minimum atomic E-state index is -0.168. The standard InChI is InChI=1S/C25H29NO4/c1-7-29-24-17(4)25-21(16(3)18(5)30-25)13-20(24)15(2)12-23(27)26-14-19-10-8-9-11-22(19)28-6/h8-13H,7,14H2,1-6H3,(H,26,27)/b15-12+. The molecule has 5 nitrogen and oxygen atoms in total. The molecule has 0 fully saturated rings. The number of hydrogen-bond donors (Lipinski definition) is 1. The molecule has 5 heteroatoms. The van der Waals surface area contributed by atoms with Gasteiger partial charge in [-0.25, -0.2) is 0 Å². The summed E-state index contributed by atoms with van der Waals surface area (Å²) in [6.07, 6.45) is 1.61. The lowest BCUT2D eigenvalue weighted by Crippen LogP contribution is -2.21. The largest absolute Gasteiger partial charge is 0.496 e. The van der Waals surface area contributed by atoms with Crippen LogP contribution in [-0.4, -0.2) is 19.6 Å². The third-order valence-corrected chi connectivity index (χ3v) is 5.35. The van der Waals surface area contributed by atoms with Crippen molar-refractivity contribution < 1.29 is 18.7 Å². The number of carbonyl (C=O) groups excluding carboxylic acids is 1. The minimum absolute atomic E-state index is 0.168. The molecule has 1 N–H and O–H groups in total. The van der Waals surface area contributed by atoms with Crippen LogP contribution in [0.1, 0.15) is 41.9 Å². The number of allylic oxidation sites excluding steroid dienone is 1. The highest BCUT2D eigenvalue weighted by atomic mass is 16.5. The first kappa shape index (κ1) is 21.5. The van der Waals surface area contributed by atoms with Crippen LogP contribution in [0.4, 0.5) is 0 Å². The van der Waals surface area contributed by atoms with Crippen LogP contribution in [0.3, 0.4) is 0 Å². The SMILES string of the molecule is CCOc1c(/C(C)=C/C(=O)NCc2ccccc2OC)cc2c(C)c(C)oc2c1C. The van der Waals surface area contributed by atoms with Gasteiger partial charge in [-0.3, -0.25) is 4.79 Å². The first-order valence-corrected chi connectivity index (χ1v) is 10.1. The monoisotopic (exact) mass is 407 g/mol. The number of furan rings is 1. The molecular weight excluding hydrogens is 378 g/mol. The van der Waals surface area contributed by atoms with E-state index in [0.29, 0.717) is 13.2 Å². The average Bonchev–Trinajstić information content (AvgIpc) is 3.03. The van der Waals surface area contributed by atoms with Gasteiger partial charge in [0.15, 0.2) is 0 Å². The zero-order valence-corrected chi connectivity index (χ0v) is 18.5. The van der Waals surface area contributed by atoms with Crippen LogP contribution in [0.2, 0.25) is 0 Å². The molecule has 3 rings (SSSR count). The number of aryl methyl sites for hydroxylation is 3. The van der Waals surface area contributed by atoms with E-state index >= 15 is 0 Å². The number of nitrogens with one attached hydrogen (secondary N) is 1. The van der Waals surface area contributed by atoms with Gasteiger partial charge in [-0.05, 0) is 57.9 Å². The van der Waals surface area contributed by atoms with Crippen molar-refractivity contribution >= 4 is 22.4 Å². The summed E-state index contributed by atoms with van der Waals surface area (Å²) in [5, 5.41) is 3.99. The van der Waals surface area contributed by atoms with Gasteiger partial charge in [0.2, 0.25) is 5.91 Å². The van der Waals surface area contributed by atoms with E-state index in [9.17, 15) is 4.79 Å². The summed E-state index contributed by atoms with van der Waals surface area (Å²) in [6.45, 7) is 10.8. The third kappa shape index (κ3) is 4.20. The number of methoxy groups -OCH3 is 1. The van der Waals surface area contributed by atoms with Crippen molar-refractivity contribution in [1.29, 1.82) is 0 Å². The van der Waals surface area contributed by atoms with Crippen LogP contribution < -0.4 is 14.8 Å². The molecule has 0 aliphatic rings. The Morgan fingerprint density at radius 3 is 2.60 bits per heavy atom. The number of ether oxygens (including phenoxy) is 2. The third-order valence-electron chi connectivity index (χ3n) is 5.35. The smallest absolute Gasteiger partial charge is 0.244 e. The van der Waals surface area contributed by atoms with Crippen LogP contribution >= 0.6 is 0 Å². The summed E-state index contributed by atoms with van der Waals surface area (Å²) in [6, 6.07) is 9.70. The van der Waals surface area contributed by atoms with Gasteiger partial charge in [-0.15, -0.1) is 0 Å². The fourth-order valence-corrected chi connectivity index (χ4v) is 3.59. The van der Waals surface area contributed by atoms with Crippen molar-refractivity contribution in [1.82, 2.24) is 5.32 Å². The quantitative estimate of drug-likeness (QED) is 0.527. The fourth-order valence-electron chi connectivity index (χ4n) is 3.59. The number of carbonyl (C=O) groups is 1. The zero-order chi connectivity index (χ0) is 21.8. The molecular formula is C25H29NO4. The molecule has 0 radical (unpaired) electrons. The van der Waals surface area contributed by atoms with Gasteiger partial charge >= 0.3 is 0 Å². The van der Waals surface area contributed by atoms with Crippen molar-refractivity contribution in [2.24, 2.45) is 0 Å².